The summed E-state index contributed by atoms with van der Waals surface area (Å²) in [6.45, 7) is 1.22. The second-order valence-corrected chi connectivity index (χ2v) is 8.19. The maximum Gasteiger partial charge on any atom is 0.340 e. The molecular formula is C18H14BrClN2O3S. The maximum absolute atomic E-state index is 12.3. The van der Waals surface area contributed by atoms with Crippen molar-refractivity contribution < 1.29 is 14.3 Å². The molecule has 26 heavy (non-hydrogen) atoms. The number of ether oxygens (including phenoxy) is 2. The molecule has 0 unspecified atom stereocenters. The number of carbonyl (C=O) groups is 1. The zero-order valence-corrected chi connectivity index (χ0v) is 16.9. The monoisotopic (exact) mass is 452 g/mol. The van der Waals surface area contributed by atoms with Gasteiger partial charge in [0, 0.05) is 4.47 Å². The molecule has 134 valence electrons. The summed E-state index contributed by atoms with van der Waals surface area (Å²) in [5, 5.41) is 1.28. The Morgan fingerprint density at radius 2 is 2.15 bits per heavy atom. The van der Waals surface area contributed by atoms with E-state index in [-0.39, 0.29) is 6.10 Å². The first-order valence-corrected chi connectivity index (χ1v) is 9.88. The van der Waals surface area contributed by atoms with Gasteiger partial charge in [0.1, 0.15) is 17.4 Å². The summed E-state index contributed by atoms with van der Waals surface area (Å²) in [6.07, 6.45) is -0.175. The van der Waals surface area contributed by atoms with E-state index in [1.54, 1.807) is 36.6 Å². The SMILES string of the molecule is COc1cccc2sc(N3CC(OC(=O)c4cc(Br)ccc4Cl)C3)nc12. The Morgan fingerprint density at radius 1 is 1.35 bits per heavy atom. The molecule has 0 spiro atoms. The topological polar surface area (TPSA) is 51.7 Å². The molecule has 0 radical (unpaired) electrons. The van der Waals surface area contributed by atoms with Crippen molar-refractivity contribution in [1.29, 1.82) is 0 Å². The largest absolute Gasteiger partial charge is 0.494 e. The number of thiazole rings is 1. The van der Waals surface area contributed by atoms with Crippen LogP contribution in [0.15, 0.2) is 40.9 Å². The lowest BCUT2D eigenvalue weighted by Crippen LogP contribution is -2.53. The van der Waals surface area contributed by atoms with Gasteiger partial charge in [0.15, 0.2) is 5.13 Å². The molecule has 0 amide bonds. The smallest absolute Gasteiger partial charge is 0.340 e. The fourth-order valence-electron chi connectivity index (χ4n) is 2.75. The molecule has 1 aliphatic heterocycles. The lowest BCUT2D eigenvalue weighted by atomic mass is 10.2. The number of benzene rings is 2. The second-order valence-electron chi connectivity index (χ2n) is 5.86. The van der Waals surface area contributed by atoms with Crippen LogP contribution in [0.2, 0.25) is 5.02 Å². The van der Waals surface area contributed by atoms with E-state index in [9.17, 15) is 4.79 Å². The molecule has 1 aromatic heterocycles. The number of fused-ring (bicyclic) bond motifs is 1. The van der Waals surface area contributed by atoms with E-state index in [1.165, 1.54) is 0 Å². The number of carbonyl (C=O) groups excluding carboxylic acids is 1. The summed E-state index contributed by atoms with van der Waals surface area (Å²) in [4.78, 5) is 19.1. The van der Waals surface area contributed by atoms with Crippen molar-refractivity contribution in [3.8, 4) is 5.75 Å². The molecule has 2 aromatic carbocycles. The molecule has 0 atom stereocenters. The zero-order chi connectivity index (χ0) is 18.3. The van der Waals surface area contributed by atoms with Gasteiger partial charge in [0.05, 0.1) is 35.5 Å². The first-order valence-electron chi connectivity index (χ1n) is 7.89. The van der Waals surface area contributed by atoms with Crippen LogP contribution in [-0.4, -0.2) is 37.3 Å². The molecule has 1 aliphatic rings. The van der Waals surface area contributed by atoms with Crippen LogP contribution in [-0.2, 0) is 4.74 Å². The number of anilines is 1. The number of nitrogens with zero attached hydrogens (tertiary/aromatic N) is 2. The Bertz CT molecular complexity index is 988. The number of rotatable bonds is 4. The molecule has 0 saturated carbocycles. The quantitative estimate of drug-likeness (QED) is 0.533. The fraction of sp³-hybridized carbons (Fsp3) is 0.222. The normalized spacial score (nSPS) is 14.3. The summed E-state index contributed by atoms with van der Waals surface area (Å²) in [6, 6.07) is 11.0. The van der Waals surface area contributed by atoms with Crippen molar-refractivity contribution in [3.05, 3.63) is 51.5 Å². The molecule has 3 aromatic rings. The van der Waals surface area contributed by atoms with Gasteiger partial charge in [-0.1, -0.05) is 44.9 Å². The average molecular weight is 454 g/mol. The number of hydrogen-bond donors (Lipinski definition) is 0. The van der Waals surface area contributed by atoms with Crippen molar-refractivity contribution in [2.75, 3.05) is 25.1 Å². The molecule has 0 bridgehead atoms. The number of aromatic nitrogens is 1. The van der Waals surface area contributed by atoms with Crippen molar-refractivity contribution in [3.63, 3.8) is 0 Å². The minimum absolute atomic E-state index is 0.175. The maximum atomic E-state index is 12.3. The van der Waals surface area contributed by atoms with Gasteiger partial charge in [-0.15, -0.1) is 0 Å². The molecule has 5 nitrogen and oxygen atoms in total. The number of halogens is 2. The standard InChI is InChI=1S/C18H14BrClN2O3S/c1-24-14-3-2-4-15-16(14)21-18(26-15)22-8-11(9-22)25-17(23)12-7-10(19)5-6-13(12)20/h2-7,11H,8-9H2,1H3. The highest BCUT2D eigenvalue weighted by molar-refractivity contribution is 9.10. The summed E-state index contributed by atoms with van der Waals surface area (Å²) in [5.74, 6) is 0.352. The van der Waals surface area contributed by atoms with Gasteiger partial charge in [-0.05, 0) is 30.3 Å². The van der Waals surface area contributed by atoms with Gasteiger partial charge in [0.25, 0.3) is 0 Å². The number of esters is 1. The van der Waals surface area contributed by atoms with Crippen LogP contribution in [0.25, 0.3) is 10.2 Å². The third-order valence-electron chi connectivity index (χ3n) is 4.13. The van der Waals surface area contributed by atoms with Crippen molar-refractivity contribution in [1.82, 2.24) is 4.98 Å². The van der Waals surface area contributed by atoms with Crippen molar-refractivity contribution in [2.45, 2.75) is 6.10 Å². The molecule has 2 heterocycles. The Hall–Kier alpha value is -1.83. The summed E-state index contributed by atoms with van der Waals surface area (Å²) < 4.78 is 12.8. The molecule has 0 N–H and O–H groups in total. The molecule has 1 fully saturated rings. The highest BCUT2D eigenvalue weighted by atomic mass is 79.9. The van der Waals surface area contributed by atoms with Crippen LogP contribution < -0.4 is 9.64 Å². The highest BCUT2D eigenvalue weighted by Crippen LogP contribution is 2.36. The predicted molar refractivity (Wildman–Crippen MR) is 107 cm³/mol. The minimum atomic E-state index is -0.410. The first kappa shape index (κ1) is 17.6. The third-order valence-corrected chi connectivity index (χ3v) is 6.04. The van der Waals surface area contributed by atoms with E-state index in [2.05, 4.69) is 25.8 Å². The van der Waals surface area contributed by atoms with Gasteiger partial charge in [-0.3, -0.25) is 0 Å². The lowest BCUT2D eigenvalue weighted by molar-refractivity contribution is 0.0234. The number of methoxy groups -OCH3 is 1. The minimum Gasteiger partial charge on any atom is -0.494 e. The summed E-state index contributed by atoms with van der Waals surface area (Å²) in [7, 11) is 1.64. The van der Waals surface area contributed by atoms with E-state index in [0.717, 1.165) is 25.6 Å². The van der Waals surface area contributed by atoms with Gasteiger partial charge in [-0.2, -0.15) is 0 Å². The molecule has 4 rings (SSSR count). The lowest BCUT2D eigenvalue weighted by Gasteiger charge is -2.38. The Morgan fingerprint density at radius 3 is 2.92 bits per heavy atom. The van der Waals surface area contributed by atoms with E-state index in [1.807, 2.05) is 18.2 Å². The fourth-order valence-corrected chi connectivity index (χ4v) is 4.31. The van der Waals surface area contributed by atoms with Crippen LogP contribution in [0, 0.1) is 0 Å². The first-order chi connectivity index (χ1) is 12.5. The molecular weight excluding hydrogens is 440 g/mol. The van der Waals surface area contributed by atoms with Crippen LogP contribution >= 0.6 is 38.9 Å². The second kappa shape index (κ2) is 7.06. The Kier molecular flexibility index (Phi) is 4.77. The molecule has 1 saturated heterocycles. The van der Waals surface area contributed by atoms with Crippen LogP contribution in [0.3, 0.4) is 0 Å². The average Bonchev–Trinajstić information content (AvgIpc) is 3.03. The summed E-state index contributed by atoms with van der Waals surface area (Å²) >= 11 is 11.0. The van der Waals surface area contributed by atoms with Crippen LogP contribution in [0.1, 0.15) is 10.4 Å². The molecule has 0 aliphatic carbocycles. The Labute approximate surface area is 167 Å². The van der Waals surface area contributed by atoms with Gasteiger partial charge >= 0.3 is 5.97 Å². The number of para-hydroxylation sites is 1. The number of hydrogen-bond acceptors (Lipinski definition) is 6. The zero-order valence-electron chi connectivity index (χ0n) is 13.7. The Balaban J connectivity index is 1.43. The van der Waals surface area contributed by atoms with E-state index < -0.39 is 5.97 Å². The van der Waals surface area contributed by atoms with Gasteiger partial charge in [-0.25, -0.2) is 9.78 Å². The summed E-state index contributed by atoms with van der Waals surface area (Å²) in [5.41, 5.74) is 1.22. The highest BCUT2D eigenvalue weighted by Gasteiger charge is 2.33. The van der Waals surface area contributed by atoms with Crippen molar-refractivity contribution in [2.24, 2.45) is 0 Å². The van der Waals surface area contributed by atoms with E-state index in [4.69, 9.17) is 21.1 Å². The predicted octanol–water partition coefficient (Wildman–Crippen LogP) is 4.77. The van der Waals surface area contributed by atoms with Crippen LogP contribution in [0.5, 0.6) is 5.75 Å². The van der Waals surface area contributed by atoms with Crippen molar-refractivity contribution >= 4 is 60.2 Å². The van der Waals surface area contributed by atoms with Gasteiger partial charge < -0.3 is 14.4 Å². The molecule has 8 heteroatoms. The third kappa shape index (κ3) is 3.26. The van der Waals surface area contributed by atoms with E-state index in [0.29, 0.717) is 23.7 Å². The van der Waals surface area contributed by atoms with Crippen LogP contribution in [0.4, 0.5) is 5.13 Å². The van der Waals surface area contributed by atoms with E-state index >= 15 is 0 Å². The van der Waals surface area contributed by atoms with Gasteiger partial charge in [0.2, 0.25) is 0 Å².